The average molecular weight is 404 g/mol. The van der Waals surface area contributed by atoms with Gasteiger partial charge in [0, 0.05) is 19.4 Å². The summed E-state index contributed by atoms with van der Waals surface area (Å²) in [6, 6.07) is 7.64. The molecule has 1 fully saturated rings. The highest BCUT2D eigenvalue weighted by molar-refractivity contribution is 7.90. The molecule has 4 rings (SSSR count). The van der Waals surface area contributed by atoms with E-state index in [0.717, 1.165) is 36.2 Å². The number of nitrogens with zero attached hydrogens (tertiary/aromatic N) is 4. The zero-order valence-corrected chi connectivity index (χ0v) is 16.9. The first-order valence-electron chi connectivity index (χ1n) is 9.29. The van der Waals surface area contributed by atoms with E-state index in [9.17, 15) is 8.42 Å². The second-order valence-corrected chi connectivity index (χ2v) is 9.21. The van der Waals surface area contributed by atoms with Crippen LogP contribution in [-0.4, -0.2) is 53.9 Å². The number of fused-ring (bicyclic) bond motifs is 1. The minimum atomic E-state index is -3.42. The fourth-order valence-electron chi connectivity index (χ4n) is 3.55. The van der Waals surface area contributed by atoms with Crippen LogP contribution in [0, 0.1) is 0 Å². The van der Waals surface area contributed by atoms with Gasteiger partial charge in [-0.1, -0.05) is 12.1 Å². The normalized spacial score (nSPS) is 17.8. The molecule has 1 unspecified atom stereocenters. The molecule has 1 atom stereocenters. The molecule has 1 aliphatic heterocycles. The second-order valence-electron chi connectivity index (χ2n) is 7.30. The maximum Gasteiger partial charge on any atom is 0.227 e. The van der Waals surface area contributed by atoms with Gasteiger partial charge in [-0.25, -0.2) is 18.4 Å². The van der Waals surface area contributed by atoms with Gasteiger partial charge in [-0.3, -0.25) is 4.90 Å². The van der Waals surface area contributed by atoms with Crippen molar-refractivity contribution in [2.45, 2.75) is 43.7 Å². The summed E-state index contributed by atoms with van der Waals surface area (Å²) < 4.78 is 37.6. The lowest BCUT2D eigenvalue weighted by molar-refractivity contribution is 0.0933. The Morgan fingerprint density at radius 3 is 2.82 bits per heavy atom. The Kier molecular flexibility index (Phi) is 5.22. The molecular formula is C19H24N4O4S. The third-order valence-corrected chi connectivity index (χ3v) is 5.81. The Morgan fingerprint density at radius 2 is 2.11 bits per heavy atom. The smallest absolute Gasteiger partial charge is 0.227 e. The number of rotatable bonds is 7. The van der Waals surface area contributed by atoms with Crippen molar-refractivity contribution in [1.29, 1.82) is 0 Å². The maximum atomic E-state index is 12.2. The van der Waals surface area contributed by atoms with E-state index < -0.39 is 9.84 Å². The lowest BCUT2D eigenvalue weighted by Gasteiger charge is -2.19. The highest BCUT2D eigenvalue weighted by Gasteiger charge is 2.24. The molecule has 0 aliphatic carbocycles. The van der Waals surface area contributed by atoms with Crippen LogP contribution in [0.5, 0.6) is 0 Å². The molecule has 0 amide bonds. The predicted molar refractivity (Wildman–Crippen MR) is 103 cm³/mol. The van der Waals surface area contributed by atoms with E-state index >= 15 is 0 Å². The molecule has 0 spiro atoms. The van der Waals surface area contributed by atoms with Gasteiger partial charge >= 0.3 is 0 Å². The number of aromatic nitrogens is 3. The van der Waals surface area contributed by atoms with Crippen LogP contribution in [0.1, 0.15) is 24.4 Å². The summed E-state index contributed by atoms with van der Waals surface area (Å²) in [4.78, 5) is 10.7. The van der Waals surface area contributed by atoms with Crippen LogP contribution in [0.2, 0.25) is 0 Å². The molecule has 2 aromatic heterocycles. The Bertz CT molecular complexity index is 1030. The summed E-state index contributed by atoms with van der Waals surface area (Å²) in [6.45, 7) is 2.25. The van der Waals surface area contributed by atoms with Gasteiger partial charge in [0.15, 0.2) is 5.58 Å². The number of sulfone groups is 1. The fraction of sp³-hybridized carbons (Fsp3) is 0.474. The first-order chi connectivity index (χ1) is 13.4. The first kappa shape index (κ1) is 19.1. The van der Waals surface area contributed by atoms with Crippen molar-refractivity contribution in [2.24, 2.45) is 0 Å². The lowest BCUT2D eigenvalue weighted by Crippen LogP contribution is -2.24. The first-order valence-corrected chi connectivity index (χ1v) is 11.2. The van der Waals surface area contributed by atoms with E-state index in [0.29, 0.717) is 25.5 Å². The van der Waals surface area contributed by atoms with E-state index in [1.165, 1.54) is 6.26 Å². The number of benzene rings is 1. The van der Waals surface area contributed by atoms with Gasteiger partial charge in [0.1, 0.15) is 5.52 Å². The van der Waals surface area contributed by atoms with Crippen molar-refractivity contribution >= 4 is 20.9 Å². The van der Waals surface area contributed by atoms with E-state index in [1.54, 1.807) is 10.8 Å². The van der Waals surface area contributed by atoms with Gasteiger partial charge in [0.25, 0.3) is 0 Å². The largest absolute Gasteiger partial charge is 0.439 e. The molecule has 1 aliphatic rings. The van der Waals surface area contributed by atoms with Crippen LogP contribution in [0.15, 0.2) is 40.0 Å². The van der Waals surface area contributed by atoms with Crippen molar-refractivity contribution in [2.75, 3.05) is 19.9 Å². The predicted octanol–water partition coefficient (Wildman–Crippen LogP) is 2.24. The van der Waals surface area contributed by atoms with Gasteiger partial charge in [0.2, 0.25) is 20.9 Å². The van der Waals surface area contributed by atoms with E-state index in [4.69, 9.17) is 9.15 Å². The van der Waals surface area contributed by atoms with Crippen LogP contribution >= 0.6 is 0 Å². The molecule has 0 N–H and O–H groups in total. The molecule has 1 saturated heterocycles. The summed E-state index contributed by atoms with van der Waals surface area (Å²) in [5.74, 6) is 0.622. The second kappa shape index (κ2) is 7.65. The zero-order chi connectivity index (χ0) is 19.7. The molecule has 1 aromatic carbocycles. The van der Waals surface area contributed by atoms with Crippen LogP contribution in [0.3, 0.4) is 0 Å². The number of hydrogen-bond donors (Lipinski definition) is 0. The van der Waals surface area contributed by atoms with Crippen LogP contribution in [0.25, 0.3) is 11.1 Å². The van der Waals surface area contributed by atoms with Crippen molar-refractivity contribution in [1.82, 2.24) is 19.4 Å². The summed E-state index contributed by atoms with van der Waals surface area (Å²) in [5.41, 5.74) is 2.41. The van der Waals surface area contributed by atoms with Gasteiger partial charge in [-0.05, 0) is 32.0 Å². The summed E-state index contributed by atoms with van der Waals surface area (Å²) in [7, 11) is -1.48. The monoisotopic (exact) mass is 404 g/mol. The van der Waals surface area contributed by atoms with Crippen molar-refractivity contribution in [3.05, 3.63) is 42.0 Å². The number of imidazole rings is 1. The molecule has 150 valence electrons. The van der Waals surface area contributed by atoms with Crippen LogP contribution in [-0.2, 0) is 34.2 Å². The summed E-state index contributed by atoms with van der Waals surface area (Å²) in [6.07, 6.45) is 4.78. The minimum absolute atomic E-state index is 0.0239. The molecule has 0 bridgehead atoms. The average Bonchev–Trinajstić information content (AvgIpc) is 3.34. The molecule has 8 nitrogen and oxygen atoms in total. The molecule has 3 heterocycles. The highest BCUT2D eigenvalue weighted by atomic mass is 32.2. The molecule has 0 radical (unpaired) electrons. The molecule has 3 aromatic rings. The summed E-state index contributed by atoms with van der Waals surface area (Å²) >= 11 is 0. The van der Waals surface area contributed by atoms with Crippen molar-refractivity contribution < 1.29 is 17.6 Å². The van der Waals surface area contributed by atoms with Gasteiger partial charge < -0.3 is 13.7 Å². The van der Waals surface area contributed by atoms with Gasteiger partial charge in [-0.2, -0.15) is 0 Å². The van der Waals surface area contributed by atoms with Crippen LogP contribution in [0.4, 0.5) is 0 Å². The number of hydrogen-bond acceptors (Lipinski definition) is 7. The van der Waals surface area contributed by atoms with E-state index in [-0.39, 0.29) is 11.3 Å². The van der Waals surface area contributed by atoms with Gasteiger partial charge in [0.05, 0.1) is 31.1 Å². The van der Waals surface area contributed by atoms with E-state index in [1.807, 2.05) is 36.2 Å². The quantitative estimate of drug-likeness (QED) is 0.596. The molecular weight excluding hydrogens is 380 g/mol. The Hall–Kier alpha value is -2.23. The number of oxazole rings is 1. The van der Waals surface area contributed by atoms with Crippen LogP contribution < -0.4 is 0 Å². The SMILES string of the molecule is CN(Cc1nc2ccccc2o1)Cc1cnc(S(C)(=O)=O)n1CC1CCCO1. The number of para-hydroxylation sites is 2. The minimum Gasteiger partial charge on any atom is -0.439 e. The van der Waals surface area contributed by atoms with E-state index in [2.05, 4.69) is 9.97 Å². The standard InChI is InChI=1S/C19H24N4O4S/c1-22(13-18-21-16-7-3-4-8-17(16)27-18)11-14-10-20-19(28(2,24)25)23(14)12-15-6-5-9-26-15/h3-4,7-8,10,15H,5-6,9,11-13H2,1-2H3. The molecule has 28 heavy (non-hydrogen) atoms. The Labute approximate surface area is 164 Å². The summed E-state index contributed by atoms with van der Waals surface area (Å²) in [5, 5.41) is 0.0910. The van der Waals surface area contributed by atoms with Crippen molar-refractivity contribution in [3.63, 3.8) is 0 Å². The lowest BCUT2D eigenvalue weighted by atomic mass is 10.2. The fourth-order valence-corrected chi connectivity index (χ4v) is 4.39. The molecule has 0 saturated carbocycles. The Balaban J connectivity index is 1.53. The third-order valence-electron chi connectivity index (χ3n) is 4.82. The highest BCUT2D eigenvalue weighted by Crippen LogP contribution is 2.21. The third kappa shape index (κ3) is 4.11. The maximum absolute atomic E-state index is 12.2. The zero-order valence-electron chi connectivity index (χ0n) is 16.0. The number of ether oxygens (including phenoxy) is 1. The van der Waals surface area contributed by atoms with Crippen molar-refractivity contribution in [3.8, 4) is 0 Å². The topological polar surface area (TPSA) is 90.5 Å². The Morgan fingerprint density at radius 1 is 1.29 bits per heavy atom. The van der Waals surface area contributed by atoms with Gasteiger partial charge in [-0.15, -0.1) is 0 Å². The molecule has 9 heteroatoms.